The van der Waals surface area contributed by atoms with Gasteiger partial charge < -0.3 is 23.2 Å². The van der Waals surface area contributed by atoms with Crippen molar-refractivity contribution in [2.45, 2.75) is 19.4 Å². The molecule has 5 heteroatoms. The largest absolute Gasteiger partial charge is 1.00 e. The van der Waals surface area contributed by atoms with Crippen LogP contribution in [0.15, 0.2) is 12.1 Å². The topological polar surface area (TPSA) is 64.9 Å². The van der Waals surface area contributed by atoms with Crippen molar-refractivity contribution in [3.05, 3.63) is 21.9 Å². The standard InChI is InChI=1S/C8H11NO2S.ClH/c1-5-2-3-7(12-5)6(9)4-8(10)11;/h2-3,6H,4,9H2,1H3,(H,10,11);1H. The number of aliphatic carboxylic acids is 1. The van der Waals surface area contributed by atoms with Gasteiger partial charge in [-0.25, -0.2) is 0 Å². The summed E-state index contributed by atoms with van der Waals surface area (Å²) in [6, 6.07) is 3.82. The van der Waals surface area contributed by atoms with Crippen LogP contribution in [-0.2, 0) is 4.79 Å². The minimum absolute atomic E-state index is 0. The lowest BCUT2D eigenvalue weighted by atomic mass is 10.2. The summed E-state index contributed by atoms with van der Waals surface area (Å²) >= 11 is 1.61. The molecule has 0 radical (unpaired) electrons. The lowest BCUT2D eigenvalue weighted by Gasteiger charge is -2.00. The fourth-order valence-corrected chi connectivity index (χ4v) is 1.88. The summed E-state index contributed by atoms with van der Waals surface area (Å²) in [5.41, 5.74) is 3.79. The predicted molar refractivity (Wildman–Crippen MR) is 46.9 cm³/mol. The van der Waals surface area contributed by atoms with E-state index in [1.807, 2.05) is 19.1 Å². The van der Waals surface area contributed by atoms with Crippen LogP contribution in [0.25, 0.3) is 0 Å². The van der Waals surface area contributed by atoms with Crippen LogP contribution < -0.4 is 18.1 Å². The molecule has 1 atom stereocenters. The van der Waals surface area contributed by atoms with Crippen molar-refractivity contribution in [3.8, 4) is 0 Å². The summed E-state index contributed by atoms with van der Waals surface area (Å²) in [7, 11) is 0. The third kappa shape index (κ3) is 3.76. The van der Waals surface area contributed by atoms with Gasteiger partial charge in [0.15, 0.2) is 0 Å². The Morgan fingerprint density at radius 2 is 2.31 bits per heavy atom. The summed E-state index contributed by atoms with van der Waals surface area (Å²) in [5, 5.41) is 8.52. The van der Waals surface area contributed by atoms with E-state index in [0.29, 0.717) is 0 Å². The molecule has 1 heterocycles. The molecule has 0 amide bonds. The van der Waals surface area contributed by atoms with Crippen molar-refractivity contribution >= 4 is 17.3 Å². The number of rotatable bonds is 3. The van der Waals surface area contributed by atoms with Gasteiger partial charge in [0.25, 0.3) is 0 Å². The third-order valence-electron chi connectivity index (χ3n) is 1.58. The Balaban J connectivity index is 0.00000144. The molecule has 1 aromatic heterocycles. The van der Waals surface area contributed by atoms with Gasteiger partial charge in [-0.1, -0.05) is 0 Å². The molecule has 13 heavy (non-hydrogen) atoms. The molecule has 1 unspecified atom stereocenters. The zero-order valence-corrected chi connectivity index (χ0v) is 8.86. The van der Waals surface area contributed by atoms with Crippen molar-refractivity contribution in [1.82, 2.24) is 0 Å². The van der Waals surface area contributed by atoms with Crippen LogP contribution in [0.2, 0.25) is 0 Å². The monoisotopic (exact) mass is 221 g/mol. The van der Waals surface area contributed by atoms with Gasteiger partial charge in [0.2, 0.25) is 0 Å². The number of halogens is 1. The Morgan fingerprint density at radius 3 is 2.69 bits per heavy atom. The lowest BCUT2D eigenvalue weighted by molar-refractivity contribution is -0.424. The zero-order chi connectivity index (χ0) is 9.14. The Labute approximate surface area is 87.0 Å². The van der Waals surface area contributed by atoms with Gasteiger partial charge in [0.05, 0.1) is 4.88 Å². The molecule has 1 aromatic rings. The van der Waals surface area contributed by atoms with Gasteiger partial charge in [0.1, 0.15) is 12.5 Å². The molecule has 0 bridgehead atoms. The predicted octanol–water partition coefficient (Wildman–Crippen LogP) is -2.18. The highest BCUT2D eigenvalue weighted by Crippen LogP contribution is 2.21. The first-order valence-corrected chi connectivity index (χ1v) is 4.52. The molecule has 0 saturated carbocycles. The maximum atomic E-state index is 10.4. The first-order valence-electron chi connectivity index (χ1n) is 3.71. The molecule has 0 saturated heterocycles. The summed E-state index contributed by atoms with van der Waals surface area (Å²) in [6.07, 6.45) is 0.111. The number of thiophene rings is 1. The van der Waals surface area contributed by atoms with Crippen molar-refractivity contribution in [3.63, 3.8) is 0 Å². The average Bonchev–Trinajstić information content (AvgIpc) is 2.34. The van der Waals surface area contributed by atoms with Gasteiger partial charge >= 0.3 is 5.97 Å². The normalized spacial score (nSPS) is 11.8. The Bertz CT molecular complexity index is 287. The molecule has 0 aliphatic carbocycles. The van der Waals surface area contributed by atoms with Gasteiger partial charge in [-0.2, -0.15) is 0 Å². The molecule has 74 valence electrons. The highest BCUT2D eigenvalue weighted by molar-refractivity contribution is 7.12. The van der Waals surface area contributed by atoms with E-state index in [1.54, 1.807) is 11.3 Å². The number of carboxylic acids is 1. The second-order valence-corrected chi connectivity index (χ2v) is 4.06. The number of quaternary nitrogens is 1. The summed E-state index contributed by atoms with van der Waals surface area (Å²) in [6.45, 7) is 2.00. The van der Waals surface area contributed by atoms with E-state index in [0.717, 1.165) is 4.88 Å². The molecule has 4 N–H and O–H groups in total. The highest BCUT2D eigenvalue weighted by Gasteiger charge is 2.15. The number of carboxylic acid groups (broad SMARTS) is 1. The van der Waals surface area contributed by atoms with Crippen LogP contribution in [0.5, 0.6) is 0 Å². The fraction of sp³-hybridized carbons (Fsp3) is 0.375. The number of carbonyl (C=O) groups is 1. The van der Waals surface area contributed by atoms with E-state index in [4.69, 9.17) is 5.11 Å². The van der Waals surface area contributed by atoms with Gasteiger partial charge in [-0.3, -0.25) is 4.79 Å². The van der Waals surface area contributed by atoms with Crippen LogP contribution in [0.1, 0.15) is 22.2 Å². The number of aryl methyl sites for hydroxylation is 1. The van der Waals surface area contributed by atoms with E-state index >= 15 is 0 Å². The minimum atomic E-state index is -0.791. The van der Waals surface area contributed by atoms with E-state index < -0.39 is 5.97 Å². The molecular formula is C8H12ClNO2S. The van der Waals surface area contributed by atoms with Crippen LogP contribution in [0, 0.1) is 6.92 Å². The Hall–Kier alpha value is -0.580. The van der Waals surface area contributed by atoms with Gasteiger partial charge in [-0.15, -0.1) is 11.3 Å². The molecule has 1 rings (SSSR count). The van der Waals surface area contributed by atoms with Crippen molar-refractivity contribution in [1.29, 1.82) is 0 Å². The average molecular weight is 222 g/mol. The first-order chi connectivity index (χ1) is 5.59. The van der Waals surface area contributed by atoms with Crippen molar-refractivity contribution < 1.29 is 28.0 Å². The molecule has 3 nitrogen and oxygen atoms in total. The maximum Gasteiger partial charge on any atom is 0.309 e. The van der Waals surface area contributed by atoms with E-state index in [-0.39, 0.29) is 24.9 Å². The van der Waals surface area contributed by atoms with Crippen molar-refractivity contribution in [2.24, 2.45) is 0 Å². The summed E-state index contributed by atoms with van der Waals surface area (Å²) in [5.74, 6) is -0.791. The molecule has 0 aliphatic rings. The minimum Gasteiger partial charge on any atom is -1.00 e. The molecular weight excluding hydrogens is 210 g/mol. The lowest BCUT2D eigenvalue weighted by Crippen LogP contribution is -3.00. The Morgan fingerprint density at radius 1 is 1.69 bits per heavy atom. The fourth-order valence-electron chi connectivity index (χ4n) is 0.984. The molecule has 0 aromatic carbocycles. The van der Waals surface area contributed by atoms with Gasteiger partial charge in [-0.05, 0) is 19.1 Å². The zero-order valence-electron chi connectivity index (χ0n) is 7.29. The summed E-state index contributed by atoms with van der Waals surface area (Å²) in [4.78, 5) is 12.6. The second-order valence-electron chi connectivity index (χ2n) is 2.74. The third-order valence-corrected chi connectivity index (χ3v) is 2.75. The van der Waals surface area contributed by atoms with Crippen LogP contribution >= 0.6 is 11.3 Å². The Kier molecular flexibility index (Phi) is 4.98. The summed E-state index contributed by atoms with van der Waals surface area (Å²) < 4.78 is 0. The van der Waals surface area contributed by atoms with Crippen LogP contribution in [0.4, 0.5) is 0 Å². The van der Waals surface area contributed by atoms with Gasteiger partial charge in [0, 0.05) is 4.88 Å². The van der Waals surface area contributed by atoms with E-state index in [9.17, 15) is 4.79 Å². The molecule has 0 fully saturated rings. The van der Waals surface area contributed by atoms with E-state index in [2.05, 4.69) is 5.73 Å². The first kappa shape index (κ1) is 12.4. The SMILES string of the molecule is Cc1ccc(C([NH3+])CC(=O)O)s1.[Cl-]. The number of hydrogen-bond acceptors (Lipinski definition) is 2. The number of hydrogen-bond donors (Lipinski definition) is 2. The quantitative estimate of drug-likeness (QED) is 0.610. The maximum absolute atomic E-state index is 10.4. The highest BCUT2D eigenvalue weighted by atomic mass is 35.5. The molecule has 0 aliphatic heterocycles. The molecule has 0 spiro atoms. The second kappa shape index (κ2) is 5.21. The van der Waals surface area contributed by atoms with Crippen molar-refractivity contribution in [2.75, 3.05) is 0 Å². The van der Waals surface area contributed by atoms with Crippen LogP contribution in [-0.4, -0.2) is 11.1 Å². The van der Waals surface area contributed by atoms with E-state index in [1.165, 1.54) is 4.88 Å². The smallest absolute Gasteiger partial charge is 0.309 e. The van der Waals surface area contributed by atoms with Crippen LogP contribution in [0.3, 0.4) is 0 Å².